The Morgan fingerprint density at radius 2 is 0.512 bits per heavy atom. The number of hydrogen-bond acceptors (Lipinski definition) is 17. The van der Waals surface area contributed by atoms with E-state index in [9.17, 15) is 43.2 Å². The molecule has 22 nitrogen and oxygen atoms in total. The maximum absolute atomic E-state index is 14.6. The van der Waals surface area contributed by atoms with E-state index in [1.807, 2.05) is 55.4 Å². The second-order valence-electron chi connectivity index (χ2n) is 21.8. The second kappa shape index (κ2) is 45.9. The van der Waals surface area contributed by atoms with Crippen LogP contribution < -0.4 is 71.2 Å². The van der Waals surface area contributed by atoms with Gasteiger partial charge in [-0.1, -0.05) is 55.4 Å². The highest BCUT2D eigenvalue weighted by Crippen LogP contribution is 2.16. The molecule has 0 spiro atoms. The number of carbonyl (C=O) groups is 9. The maximum atomic E-state index is 14.6. The Balaban J connectivity index is 6.97. The SMILES string of the molecule is CC(=O)N[C@@H](CCCSCCN)C(=O)N[C@@H](CC(C)C)C(=O)N[C@@H](CCCSCCN)C(=O)N[C@@H](CC(C)C)C(=O)N[C@@H](CCCSCCN)C(=O)N[C@@H](CC(C)C)C(=O)N[C@@H](CCCSCCN)C(=O)N[C@@H](CC(C)C)C(N)=O. The van der Waals surface area contributed by atoms with Gasteiger partial charge < -0.3 is 71.2 Å². The number of primary amides is 1. The van der Waals surface area contributed by atoms with E-state index in [1.165, 1.54) is 6.92 Å². The first kappa shape index (κ1) is 76.5. The molecule has 26 heteroatoms. The van der Waals surface area contributed by atoms with E-state index in [0.29, 0.717) is 99.2 Å². The zero-order chi connectivity index (χ0) is 60.6. The third kappa shape index (κ3) is 36.8. The Morgan fingerprint density at radius 3 is 0.725 bits per heavy atom. The third-order valence-corrected chi connectivity index (χ3v) is 16.6. The number of nitrogens with one attached hydrogen (secondary N) is 8. The Hall–Kier alpha value is -3.53. The summed E-state index contributed by atoms with van der Waals surface area (Å²) in [5.41, 5.74) is 28.5. The first-order valence-corrected chi connectivity index (χ1v) is 33.3. The molecule has 0 aromatic rings. The molecule has 464 valence electrons. The van der Waals surface area contributed by atoms with Gasteiger partial charge in [0.15, 0.2) is 0 Å². The molecule has 0 rings (SSSR count). The van der Waals surface area contributed by atoms with Crippen LogP contribution in [0.25, 0.3) is 0 Å². The van der Waals surface area contributed by atoms with Gasteiger partial charge in [0.1, 0.15) is 48.3 Å². The molecule has 0 radical (unpaired) electrons. The lowest BCUT2D eigenvalue weighted by Gasteiger charge is -2.29. The van der Waals surface area contributed by atoms with Crippen LogP contribution in [0.1, 0.15) is 139 Å². The van der Waals surface area contributed by atoms with Crippen molar-refractivity contribution in [1.29, 1.82) is 0 Å². The summed E-state index contributed by atoms with van der Waals surface area (Å²) in [5.74, 6) is -0.133. The molecule has 0 aromatic heterocycles. The normalized spacial score (nSPS) is 14.5. The Kier molecular flexibility index (Phi) is 43.9. The van der Waals surface area contributed by atoms with Gasteiger partial charge in [0.2, 0.25) is 53.2 Å². The van der Waals surface area contributed by atoms with Crippen LogP contribution in [0.15, 0.2) is 0 Å². The molecular formula is C54H105N13O9S4. The van der Waals surface area contributed by atoms with Crippen molar-refractivity contribution < 1.29 is 43.2 Å². The second-order valence-corrected chi connectivity index (χ2v) is 26.7. The lowest BCUT2D eigenvalue weighted by Crippen LogP contribution is -2.60. The van der Waals surface area contributed by atoms with Gasteiger partial charge in [0.05, 0.1) is 0 Å². The highest BCUT2D eigenvalue weighted by Gasteiger charge is 2.35. The molecule has 0 aliphatic heterocycles. The predicted octanol–water partition coefficient (Wildman–Crippen LogP) is 1.44. The molecule has 0 bridgehead atoms. The molecule has 0 aliphatic rings. The molecule has 0 saturated heterocycles. The Labute approximate surface area is 495 Å². The van der Waals surface area contributed by atoms with E-state index in [1.54, 1.807) is 47.0 Å². The Morgan fingerprint density at radius 1 is 0.312 bits per heavy atom. The maximum Gasteiger partial charge on any atom is 0.243 e. The van der Waals surface area contributed by atoms with Crippen molar-refractivity contribution in [2.45, 2.75) is 188 Å². The smallest absolute Gasteiger partial charge is 0.243 e. The number of rotatable bonds is 48. The van der Waals surface area contributed by atoms with E-state index in [2.05, 4.69) is 42.5 Å². The molecule has 80 heavy (non-hydrogen) atoms. The number of amides is 9. The summed E-state index contributed by atoms with van der Waals surface area (Å²) in [6.45, 7) is 18.4. The summed E-state index contributed by atoms with van der Waals surface area (Å²) >= 11 is 6.44. The molecule has 0 aromatic carbocycles. The molecule has 0 unspecified atom stereocenters. The summed E-state index contributed by atoms with van der Waals surface area (Å²) in [5, 5.41) is 22.6. The first-order chi connectivity index (χ1) is 37.9. The third-order valence-electron chi connectivity index (χ3n) is 12.2. The average molecular weight is 1210 g/mol. The molecule has 0 saturated carbocycles. The standard InChI is InChI=1S/C54H105N13O9S4/c1-34(2)30-43(47(59)69)64-49(71)40(15-11-23-78-27-19-56)61-53(75)45(32-36(5)6)66-51(73)42(17-13-25-80-29-21-58)63-54(76)46(33-37(7)8)67-50(72)41(16-12-24-79-28-20-57)62-52(74)44(31-35(3)4)65-48(70)39(60-38(9)68)14-10-22-77-26-18-55/h34-37,39-46H,10-33,55-58H2,1-9H3,(H2,59,69)(H,60,68)(H,61,75)(H,62,74)(H,63,76)(H,64,71)(H,65,70)(H,66,73)(H,67,72)/t39-,40-,41-,42-,43-,44-,45-,46-/m0/s1. The van der Waals surface area contributed by atoms with E-state index in [4.69, 9.17) is 28.7 Å². The molecular weight excluding hydrogens is 1100 g/mol. The van der Waals surface area contributed by atoms with Gasteiger partial charge in [0, 0.05) is 56.1 Å². The van der Waals surface area contributed by atoms with Crippen LogP contribution >= 0.6 is 47.0 Å². The van der Waals surface area contributed by atoms with E-state index in [-0.39, 0.29) is 62.2 Å². The van der Waals surface area contributed by atoms with Gasteiger partial charge in [-0.2, -0.15) is 47.0 Å². The van der Waals surface area contributed by atoms with Crippen molar-refractivity contribution in [3.05, 3.63) is 0 Å². The largest absolute Gasteiger partial charge is 0.368 e. The van der Waals surface area contributed by atoms with Crippen LogP contribution in [-0.4, -0.2) is 174 Å². The predicted molar refractivity (Wildman–Crippen MR) is 331 cm³/mol. The fourth-order valence-corrected chi connectivity index (χ4v) is 11.3. The van der Waals surface area contributed by atoms with Crippen LogP contribution in [-0.2, 0) is 43.2 Å². The quantitative estimate of drug-likeness (QED) is 0.0383. The molecule has 18 N–H and O–H groups in total. The zero-order valence-electron chi connectivity index (χ0n) is 49.6. The van der Waals surface area contributed by atoms with Crippen LogP contribution in [0.2, 0.25) is 0 Å². The van der Waals surface area contributed by atoms with Gasteiger partial charge in [-0.15, -0.1) is 0 Å². The summed E-state index contributed by atoms with van der Waals surface area (Å²) in [6.07, 6.45) is 3.93. The summed E-state index contributed by atoms with van der Waals surface area (Å²) < 4.78 is 0. The monoisotopic (exact) mass is 1210 g/mol. The average Bonchev–Trinajstić information content (AvgIpc) is 3.37. The first-order valence-electron chi connectivity index (χ1n) is 28.7. The topological polar surface area (TPSA) is 380 Å². The van der Waals surface area contributed by atoms with Gasteiger partial charge >= 0.3 is 0 Å². The highest BCUT2D eigenvalue weighted by atomic mass is 32.2. The van der Waals surface area contributed by atoms with E-state index >= 15 is 0 Å². The number of carbonyl (C=O) groups excluding carboxylic acids is 9. The fourth-order valence-electron chi connectivity index (χ4n) is 8.35. The number of thioether (sulfide) groups is 4. The van der Waals surface area contributed by atoms with Gasteiger partial charge in [-0.25, -0.2) is 0 Å². The minimum atomic E-state index is -1.17. The van der Waals surface area contributed by atoms with Crippen molar-refractivity contribution >= 4 is 100 Å². The summed E-state index contributed by atoms with van der Waals surface area (Å²) in [6, 6.07) is -8.60. The van der Waals surface area contributed by atoms with Crippen LogP contribution in [0.4, 0.5) is 0 Å². The van der Waals surface area contributed by atoms with Crippen molar-refractivity contribution in [3.63, 3.8) is 0 Å². The molecule has 0 aliphatic carbocycles. The summed E-state index contributed by atoms with van der Waals surface area (Å²) in [7, 11) is 0. The van der Waals surface area contributed by atoms with Crippen LogP contribution in [0, 0.1) is 23.7 Å². The Bertz CT molecular complexity index is 1820. The van der Waals surface area contributed by atoms with Gasteiger partial charge in [-0.05, 0) is 124 Å². The van der Waals surface area contributed by atoms with Crippen LogP contribution in [0.3, 0.4) is 0 Å². The highest BCUT2D eigenvalue weighted by molar-refractivity contribution is 7.99. The lowest BCUT2D eigenvalue weighted by molar-refractivity contribution is -0.136. The number of nitrogens with two attached hydrogens (primary N) is 5. The van der Waals surface area contributed by atoms with Crippen molar-refractivity contribution in [2.75, 3.05) is 72.2 Å². The minimum absolute atomic E-state index is 0.0355. The van der Waals surface area contributed by atoms with Crippen molar-refractivity contribution in [1.82, 2.24) is 42.5 Å². The van der Waals surface area contributed by atoms with Gasteiger partial charge in [0.25, 0.3) is 0 Å². The fraction of sp³-hybridized carbons (Fsp3) is 0.833. The van der Waals surface area contributed by atoms with Crippen molar-refractivity contribution in [2.24, 2.45) is 52.3 Å². The van der Waals surface area contributed by atoms with Crippen molar-refractivity contribution in [3.8, 4) is 0 Å². The van der Waals surface area contributed by atoms with Crippen LogP contribution in [0.5, 0.6) is 0 Å². The molecule has 8 atom stereocenters. The summed E-state index contributed by atoms with van der Waals surface area (Å²) in [4.78, 5) is 124. The zero-order valence-corrected chi connectivity index (χ0v) is 52.9. The van der Waals surface area contributed by atoms with Gasteiger partial charge in [-0.3, -0.25) is 43.2 Å². The minimum Gasteiger partial charge on any atom is -0.368 e. The number of hydrogen-bond donors (Lipinski definition) is 13. The van der Waals surface area contributed by atoms with E-state index < -0.39 is 101 Å². The molecule has 0 heterocycles. The van der Waals surface area contributed by atoms with E-state index in [0.717, 1.165) is 11.5 Å². The molecule has 0 fully saturated rings. The molecule has 9 amide bonds. The lowest BCUT2D eigenvalue weighted by atomic mass is 9.99.